The van der Waals surface area contributed by atoms with Crippen molar-refractivity contribution in [2.45, 2.75) is 13.0 Å². The highest BCUT2D eigenvalue weighted by atomic mass is 19.1. The average Bonchev–Trinajstić information content (AvgIpc) is 2.47. The van der Waals surface area contributed by atoms with Crippen molar-refractivity contribution in [1.29, 1.82) is 0 Å². The van der Waals surface area contributed by atoms with E-state index in [2.05, 4.69) is 10.3 Å². The molecule has 1 aliphatic heterocycles. The van der Waals surface area contributed by atoms with E-state index in [9.17, 15) is 19.1 Å². The number of likely N-dealkylation sites (N-methyl/N-ethyl adjacent to an activating group) is 1. The molecular formula is C13H16FN3O4. The smallest absolute Gasteiger partial charge is 0.339 e. The Labute approximate surface area is 120 Å². The van der Waals surface area contributed by atoms with E-state index in [1.54, 1.807) is 6.92 Å². The number of nitrogens with one attached hydrogen (secondary N) is 1. The quantitative estimate of drug-likeness (QED) is 0.828. The Balaban J connectivity index is 2.37. The van der Waals surface area contributed by atoms with Gasteiger partial charge in [0.25, 0.3) is 0 Å². The second kappa shape index (κ2) is 6.49. The summed E-state index contributed by atoms with van der Waals surface area (Å²) in [6, 6.07) is 0.212. The molecule has 0 aliphatic carbocycles. The van der Waals surface area contributed by atoms with Crippen LogP contribution in [0.25, 0.3) is 0 Å². The third-order valence-electron chi connectivity index (χ3n) is 3.12. The lowest BCUT2D eigenvalue weighted by Gasteiger charge is -2.35. The monoisotopic (exact) mass is 297 g/mol. The standard InChI is InChI=1S/C13H16FN3O4/c1-2-15-12(18)10-7-21-4-3-17(10)11-9(13(19)20)5-8(14)6-16-11/h5-6,10H,2-4,7H2,1H3,(H,15,18)(H,19,20). The molecule has 2 N–H and O–H groups in total. The molecule has 2 rings (SSSR count). The highest BCUT2D eigenvalue weighted by Gasteiger charge is 2.32. The second-order valence-electron chi connectivity index (χ2n) is 4.51. The van der Waals surface area contributed by atoms with Gasteiger partial charge in [0.15, 0.2) is 0 Å². The normalized spacial score (nSPS) is 18.4. The van der Waals surface area contributed by atoms with Crippen LogP contribution in [0.1, 0.15) is 17.3 Å². The van der Waals surface area contributed by atoms with Gasteiger partial charge < -0.3 is 20.1 Å². The van der Waals surface area contributed by atoms with Gasteiger partial charge in [-0.05, 0) is 13.0 Å². The van der Waals surface area contributed by atoms with E-state index < -0.39 is 17.8 Å². The van der Waals surface area contributed by atoms with Gasteiger partial charge in [0.1, 0.15) is 23.2 Å². The summed E-state index contributed by atoms with van der Waals surface area (Å²) in [6.07, 6.45) is 0.937. The minimum atomic E-state index is -1.29. The number of hydrogen-bond acceptors (Lipinski definition) is 5. The third-order valence-corrected chi connectivity index (χ3v) is 3.12. The van der Waals surface area contributed by atoms with Crippen molar-refractivity contribution >= 4 is 17.7 Å². The van der Waals surface area contributed by atoms with Gasteiger partial charge in [-0.25, -0.2) is 14.2 Å². The largest absolute Gasteiger partial charge is 0.478 e. The number of halogens is 1. The fraction of sp³-hybridized carbons (Fsp3) is 0.462. The predicted molar refractivity (Wildman–Crippen MR) is 71.8 cm³/mol. The Bertz CT molecular complexity index is 552. The maximum absolute atomic E-state index is 13.2. The number of carboxylic acids is 1. The lowest BCUT2D eigenvalue weighted by molar-refractivity contribution is -0.124. The van der Waals surface area contributed by atoms with E-state index in [0.717, 1.165) is 12.3 Å². The van der Waals surface area contributed by atoms with Crippen LogP contribution in [0.3, 0.4) is 0 Å². The summed E-state index contributed by atoms with van der Waals surface area (Å²) in [5, 5.41) is 11.8. The Morgan fingerprint density at radius 1 is 1.62 bits per heavy atom. The molecule has 0 bridgehead atoms. The number of morpholine rings is 1. The molecule has 1 saturated heterocycles. The number of amides is 1. The molecule has 1 aliphatic rings. The van der Waals surface area contributed by atoms with Crippen molar-refractivity contribution in [3.05, 3.63) is 23.6 Å². The molecule has 114 valence electrons. The number of nitrogens with zero attached hydrogens (tertiary/aromatic N) is 2. The molecule has 1 aromatic heterocycles. The lowest BCUT2D eigenvalue weighted by Crippen LogP contribution is -2.54. The first-order valence-corrected chi connectivity index (χ1v) is 6.55. The van der Waals surface area contributed by atoms with E-state index in [0.29, 0.717) is 19.7 Å². The highest BCUT2D eigenvalue weighted by molar-refractivity contribution is 5.95. The summed E-state index contributed by atoms with van der Waals surface area (Å²) in [4.78, 5) is 28.7. The summed E-state index contributed by atoms with van der Waals surface area (Å²) >= 11 is 0. The van der Waals surface area contributed by atoms with Crippen LogP contribution < -0.4 is 10.2 Å². The first kappa shape index (κ1) is 15.2. The predicted octanol–water partition coefficient (Wildman–Crippen LogP) is 0.260. The second-order valence-corrected chi connectivity index (χ2v) is 4.51. The van der Waals surface area contributed by atoms with E-state index in [1.165, 1.54) is 4.90 Å². The molecule has 1 fully saturated rings. The topological polar surface area (TPSA) is 91.8 Å². The van der Waals surface area contributed by atoms with Crippen LogP contribution in [0.15, 0.2) is 12.3 Å². The minimum Gasteiger partial charge on any atom is -0.478 e. The summed E-state index contributed by atoms with van der Waals surface area (Å²) in [5.41, 5.74) is -0.272. The van der Waals surface area contributed by atoms with Crippen LogP contribution in [0.4, 0.5) is 10.2 Å². The number of carbonyl (C=O) groups excluding carboxylic acids is 1. The molecule has 1 atom stereocenters. The van der Waals surface area contributed by atoms with Gasteiger partial charge in [0.2, 0.25) is 5.91 Å². The average molecular weight is 297 g/mol. The minimum absolute atomic E-state index is 0.0726. The molecule has 0 radical (unpaired) electrons. The van der Waals surface area contributed by atoms with Crippen molar-refractivity contribution in [3.63, 3.8) is 0 Å². The van der Waals surface area contributed by atoms with Crippen LogP contribution in [-0.2, 0) is 9.53 Å². The van der Waals surface area contributed by atoms with Crippen molar-refractivity contribution in [2.24, 2.45) is 0 Å². The summed E-state index contributed by atoms with van der Waals surface area (Å²) in [5.74, 6) is -2.24. The van der Waals surface area contributed by atoms with Gasteiger partial charge in [-0.3, -0.25) is 4.79 Å². The zero-order chi connectivity index (χ0) is 15.4. The fourth-order valence-electron chi connectivity index (χ4n) is 2.18. The number of rotatable bonds is 4. The lowest BCUT2D eigenvalue weighted by atomic mass is 10.1. The van der Waals surface area contributed by atoms with E-state index in [4.69, 9.17) is 4.74 Å². The highest BCUT2D eigenvalue weighted by Crippen LogP contribution is 2.23. The van der Waals surface area contributed by atoms with Gasteiger partial charge in [-0.1, -0.05) is 0 Å². The van der Waals surface area contributed by atoms with Crippen LogP contribution in [0, 0.1) is 5.82 Å². The van der Waals surface area contributed by atoms with Crippen molar-refractivity contribution in [3.8, 4) is 0 Å². The van der Waals surface area contributed by atoms with Crippen molar-refractivity contribution in [2.75, 3.05) is 31.2 Å². The fourth-order valence-corrected chi connectivity index (χ4v) is 2.18. The van der Waals surface area contributed by atoms with Crippen LogP contribution >= 0.6 is 0 Å². The van der Waals surface area contributed by atoms with Crippen LogP contribution in [0.2, 0.25) is 0 Å². The number of ether oxygens (including phenoxy) is 1. The molecule has 0 spiro atoms. The SMILES string of the molecule is CCNC(=O)C1COCCN1c1ncc(F)cc1C(=O)O. The first-order valence-electron chi connectivity index (χ1n) is 6.55. The van der Waals surface area contributed by atoms with Crippen LogP contribution in [0.5, 0.6) is 0 Å². The van der Waals surface area contributed by atoms with Crippen molar-refractivity contribution in [1.82, 2.24) is 10.3 Å². The van der Waals surface area contributed by atoms with Gasteiger partial charge in [0, 0.05) is 13.1 Å². The van der Waals surface area contributed by atoms with Crippen LogP contribution in [-0.4, -0.2) is 54.3 Å². The zero-order valence-electron chi connectivity index (χ0n) is 11.5. The third kappa shape index (κ3) is 3.27. The molecule has 8 heteroatoms. The van der Waals surface area contributed by atoms with E-state index >= 15 is 0 Å². The van der Waals surface area contributed by atoms with Gasteiger partial charge in [-0.15, -0.1) is 0 Å². The summed E-state index contributed by atoms with van der Waals surface area (Å²) < 4.78 is 18.5. The Morgan fingerprint density at radius 2 is 2.38 bits per heavy atom. The Kier molecular flexibility index (Phi) is 4.69. The molecule has 21 heavy (non-hydrogen) atoms. The number of aromatic carboxylic acids is 1. The van der Waals surface area contributed by atoms with E-state index in [1.807, 2.05) is 0 Å². The summed E-state index contributed by atoms with van der Waals surface area (Å²) in [6.45, 7) is 3.01. The number of hydrogen-bond donors (Lipinski definition) is 2. The molecule has 7 nitrogen and oxygen atoms in total. The van der Waals surface area contributed by atoms with Gasteiger partial charge in [0.05, 0.1) is 19.4 Å². The van der Waals surface area contributed by atoms with Crippen molar-refractivity contribution < 1.29 is 23.8 Å². The number of pyridine rings is 1. The summed E-state index contributed by atoms with van der Waals surface area (Å²) in [7, 11) is 0. The number of anilines is 1. The zero-order valence-corrected chi connectivity index (χ0v) is 11.5. The van der Waals surface area contributed by atoms with E-state index in [-0.39, 0.29) is 23.9 Å². The number of carbonyl (C=O) groups is 2. The molecule has 1 unspecified atom stereocenters. The number of carboxylic acid groups (broad SMARTS) is 1. The molecule has 0 saturated carbocycles. The number of aromatic nitrogens is 1. The molecule has 2 heterocycles. The molecule has 1 amide bonds. The Morgan fingerprint density at radius 3 is 3.05 bits per heavy atom. The van der Waals surface area contributed by atoms with Gasteiger partial charge in [-0.2, -0.15) is 0 Å². The van der Waals surface area contributed by atoms with Gasteiger partial charge >= 0.3 is 5.97 Å². The molecule has 1 aromatic rings. The maximum atomic E-state index is 13.2. The first-order chi connectivity index (χ1) is 10.0. The molecule has 0 aromatic carbocycles. The maximum Gasteiger partial charge on any atom is 0.339 e. The molecular weight excluding hydrogens is 281 g/mol. The Hall–Kier alpha value is -2.22.